The minimum Gasteiger partial charge on any atom is -0.455 e. The number of halogens is 1. The number of hydrogen-bond acceptors (Lipinski definition) is 9. The minimum absolute atomic E-state index is 0.0188. The molecule has 9 nitrogen and oxygen atoms in total. The van der Waals surface area contributed by atoms with E-state index in [1.807, 2.05) is 31.1 Å². The topological polar surface area (TPSA) is 135 Å². The average Bonchev–Trinajstić information content (AvgIpc) is 3.34. The number of primary sulfonamides is 1. The molecule has 12 heteroatoms. The lowest BCUT2D eigenvalue weighted by Crippen LogP contribution is -2.16. The highest BCUT2D eigenvalue weighted by molar-refractivity contribution is 7.89. The van der Waals surface area contributed by atoms with Gasteiger partial charge in [0.15, 0.2) is 0 Å². The average molecular weight is 513 g/mol. The van der Waals surface area contributed by atoms with Crippen LogP contribution in [-0.4, -0.2) is 36.9 Å². The van der Waals surface area contributed by atoms with Crippen LogP contribution in [0.25, 0.3) is 21.7 Å². The SMILES string of the molecule is CN(C)c1cc(-c2cc(Cl)ccc2Oc2ccc(-c3ncns3)c(S(N)(=O)=O)c2C#N)ccn1. The number of nitrogens with two attached hydrogens (primary N) is 1. The Kier molecular flexibility index (Phi) is 6.49. The van der Waals surface area contributed by atoms with Gasteiger partial charge >= 0.3 is 0 Å². The van der Waals surface area contributed by atoms with Gasteiger partial charge in [-0.3, -0.25) is 0 Å². The Balaban J connectivity index is 1.88. The third kappa shape index (κ3) is 4.71. The van der Waals surface area contributed by atoms with E-state index in [0.29, 0.717) is 21.3 Å². The van der Waals surface area contributed by atoms with Crippen LogP contribution in [0, 0.1) is 11.3 Å². The fourth-order valence-electron chi connectivity index (χ4n) is 3.28. The third-order valence-electron chi connectivity index (χ3n) is 4.78. The highest BCUT2D eigenvalue weighted by Gasteiger charge is 2.26. The standard InChI is InChI=1S/C22H17ClN6O3S2/c1-29(2)20-9-13(7-8-26-20)16-10-14(23)3-5-18(16)32-19-6-4-15(22-27-12-28-33-22)21(17(19)11-24)34(25,30)31/h3-10,12H,1-2H3,(H2,25,30,31). The predicted molar refractivity (Wildman–Crippen MR) is 131 cm³/mol. The molecule has 2 aromatic carbocycles. The number of nitriles is 1. The van der Waals surface area contributed by atoms with Gasteiger partial charge in [0.25, 0.3) is 0 Å². The molecule has 0 aliphatic carbocycles. The normalized spacial score (nSPS) is 11.1. The van der Waals surface area contributed by atoms with Gasteiger partial charge in [0.2, 0.25) is 10.0 Å². The van der Waals surface area contributed by atoms with Crippen LogP contribution in [0.15, 0.2) is 59.9 Å². The number of benzene rings is 2. The van der Waals surface area contributed by atoms with E-state index in [0.717, 1.165) is 22.9 Å². The van der Waals surface area contributed by atoms with Crippen molar-refractivity contribution in [2.45, 2.75) is 4.90 Å². The fraction of sp³-hybridized carbons (Fsp3) is 0.0909. The Hall–Kier alpha value is -3.56. The van der Waals surface area contributed by atoms with E-state index in [1.165, 1.54) is 18.5 Å². The molecular formula is C22H17ClN6O3S2. The summed E-state index contributed by atoms with van der Waals surface area (Å²) in [6.07, 6.45) is 2.95. The number of ether oxygens (including phenoxy) is 1. The van der Waals surface area contributed by atoms with Crippen LogP contribution in [0.4, 0.5) is 5.82 Å². The summed E-state index contributed by atoms with van der Waals surface area (Å²) < 4.78 is 34.9. The second-order valence-electron chi connectivity index (χ2n) is 7.26. The van der Waals surface area contributed by atoms with E-state index < -0.39 is 10.0 Å². The van der Waals surface area contributed by atoms with Crippen LogP contribution in [-0.2, 0) is 10.0 Å². The summed E-state index contributed by atoms with van der Waals surface area (Å²) in [5, 5.41) is 16.1. The van der Waals surface area contributed by atoms with Crippen molar-refractivity contribution in [3.63, 3.8) is 0 Å². The maximum Gasteiger partial charge on any atom is 0.240 e. The summed E-state index contributed by atoms with van der Waals surface area (Å²) in [5.74, 6) is 1.10. The maximum absolute atomic E-state index is 12.5. The van der Waals surface area contributed by atoms with Crippen molar-refractivity contribution < 1.29 is 13.2 Å². The molecular weight excluding hydrogens is 496 g/mol. The second-order valence-corrected chi connectivity index (χ2v) is 9.97. The van der Waals surface area contributed by atoms with Crippen molar-refractivity contribution >= 4 is 39.0 Å². The molecule has 34 heavy (non-hydrogen) atoms. The number of anilines is 1. The largest absolute Gasteiger partial charge is 0.455 e. The highest BCUT2D eigenvalue weighted by atomic mass is 35.5. The molecule has 0 amide bonds. The zero-order valence-corrected chi connectivity index (χ0v) is 20.3. The Morgan fingerprint density at radius 1 is 1.09 bits per heavy atom. The van der Waals surface area contributed by atoms with Gasteiger partial charge in [-0.25, -0.2) is 23.5 Å². The van der Waals surface area contributed by atoms with Gasteiger partial charge in [-0.2, -0.15) is 9.64 Å². The molecule has 0 fully saturated rings. The van der Waals surface area contributed by atoms with Crippen LogP contribution in [0.2, 0.25) is 5.02 Å². The van der Waals surface area contributed by atoms with Gasteiger partial charge in [-0.05, 0) is 59.6 Å². The molecule has 0 saturated carbocycles. The zero-order valence-electron chi connectivity index (χ0n) is 17.9. The van der Waals surface area contributed by atoms with Crippen LogP contribution in [0.5, 0.6) is 11.5 Å². The summed E-state index contributed by atoms with van der Waals surface area (Å²) in [5.41, 5.74) is 1.34. The van der Waals surface area contributed by atoms with E-state index in [4.69, 9.17) is 21.5 Å². The number of nitrogens with zero attached hydrogens (tertiary/aromatic N) is 5. The molecule has 0 spiro atoms. The van der Waals surface area contributed by atoms with Crippen molar-refractivity contribution in [3.8, 4) is 39.3 Å². The first-order chi connectivity index (χ1) is 16.2. The summed E-state index contributed by atoms with van der Waals surface area (Å²) in [4.78, 5) is 9.85. The molecule has 4 aromatic rings. The third-order valence-corrected chi connectivity index (χ3v) is 6.71. The van der Waals surface area contributed by atoms with Crippen molar-refractivity contribution in [1.82, 2.24) is 14.3 Å². The lowest BCUT2D eigenvalue weighted by atomic mass is 10.1. The molecule has 2 heterocycles. The Morgan fingerprint density at radius 2 is 1.85 bits per heavy atom. The molecule has 0 atom stereocenters. The van der Waals surface area contributed by atoms with Gasteiger partial charge < -0.3 is 9.64 Å². The Bertz CT molecular complexity index is 1520. The summed E-state index contributed by atoms with van der Waals surface area (Å²) >= 11 is 7.24. The van der Waals surface area contributed by atoms with Crippen LogP contribution < -0.4 is 14.8 Å². The maximum atomic E-state index is 12.5. The van der Waals surface area contributed by atoms with Crippen LogP contribution in [0.1, 0.15) is 5.56 Å². The molecule has 0 radical (unpaired) electrons. The Morgan fingerprint density at radius 3 is 2.50 bits per heavy atom. The van der Waals surface area contributed by atoms with Crippen molar-refractivity contribution in [3.05, 3.63) is 65.6 Å². The van der Waals surface area contributed by atoms with Crippen molar-refractivity contribution in [2.24, 2.45) is 5.14 Å². The molecule has 2 aromatic heterocycles. The second kappa shape index (κ2) is 9.36. The summed E-state index contributed by atoms with van der Waals surface area (Å²) in [6, 6.07) is 13.6. The van der Waals surface area contributed by atoms with Crippen LogP contribution in [0.3, 0.4) is 0 Å². The number of sulfonamides is 1. The molecule has 172 valence electrons. The first-order valence-corrected chi connectivity index (χ1v) is 12.4. The van der Waals surface area contributed by atoms with Crippen molar-refractivity contribution in [2.75, 3.05) is 19.0 Å². The molecule has 0 unspecified atom stereocenters. The fourth-order valence-corrected chi connectivity index (χ4v) is 4.97. The monoisotopic (exact) mass is 512 g/mol. The van der Waals surface area contributed by atoms with E-state index in [1.54, 1.807) is 30.5 Å². The number of aromatic nitrogens is 3. The van der Waals surface area contributed by atoms with Gasteiger partial charge in [0, 0.05) is 36.4 Å². The Labute approximate surface area is 205 Å². The minimum atomic E-state index is -4.30. The molecule has 4 rings (SSSR count). The zero-order chi connectivity index (χ0) is 24.5. The summed E-state index contributed by atoms with van der Waals surface area (Å²) in [6.45, 7) is 0. The smallest absolute Gasteiger partial charge is 0.240 e. The predicted octanol–water partition coefficient (Wildman–Crippen LogP) is 4.30. The molecule has 2 N–H and O–H groups in total. The number of rotatable bonds is 6. The highest BCUT2D eigenvalue weighted by Crippen LogP contribution is 2.40. The van der Waals surface area contributed by atoms with Crippen LogP contribution >= 0.6 is 23.1 Å². The van der Waals surface area contributed by atoms with E-state index in [9.17, 15) is 13.7 Å². The number of hydrogen-bond donors (Lipinski definition) is 1. The molecule has 0 aliphatic heterocycles. The number of pyridine rings is 1. The molecule has 0 aliphatic rings. The lowest BCUT2D eigenvalue weighted by Gasteiger charge is -2.17. The van der Waals surface area contributed by atoms with E-state index >= 15 is 0 Å². The van der Waals surface area contributed by atoms with Gasteiger partial charge in [-0.1, -0.05) is 11.6 Å². The van der Waals surface area contributed by atoms with E-state index in [-0.39, 0.29) is 21.8 Å². The molecule has 0 bridgehead atoms. The van der Waals surface area contributed by atoms with E-state index in [2.05, 4.69) is 14.3 Å². The van der Waals surface area contributed by atoms with Gasteiger partial charge in [0.05, 0.1) is 0 Å². The van der Waals surface area contributed by atoms with Crippen molar-refractivity contribution in [1.29, 1.82) is 5.26 Å². The lowest BCUT2D eigenvalue weighted by molar-refractivity contribution is 0.481. The quantitative estimate of drug-likeness (QED) is 0.404. The first-order valence-electron chi connectivity index (χ1n) is 9.67. The first kappa shape index (κ1) is 23.6. The summed E-state index contributed by atoms with van der Waals surface area (Å²) in [7, 11) is -0.560. The van der Waals surface area contributed by atoms with Gasteiger partial charge in [0.1, 0.15) is 45.2 Å². The van der Waals surface area contributed by atoms with Gasteiger partial charge in [-0.15, -0.1) is 0 Å². The molecule has 0 saturated heterocycles.